The van der Waals surface area contributed by atoms with Crippen molar-refractivity contribution in [1.29, 1.82) is 0 Å². The topological polar surface area (TPSA) is 93.2 Å². The van der Waals surface area contributed by atoms with Gasteiger partial charge in [0.15, 0.2) is 0 Å². The molecule has 5 rings (SSSR count). The highest BCUT2D eigenvalue weighted by molar-refractivity contribution is 6.32. The molecule has 37 heavy (non-hydrogen) atoms. The zero-order chi connectivity index (χ0) is 26.2. The van der Waals surface area contributed by atoms with E-state index in [9.17, 15) is 9.90 Å². The average Bonchev–Trinajstić information content (AvgIpc) is 3.23. The third-order valence-electron chi connectivity index (χ3n) is 8.12. The first-order valence-electron chi connectivity index (χ1n) is 13.4. The van der Waals surface area contributed by atoms with Crippen LogP contribution in [0.25, 0.3) is 10.8 Å². The highest BCUT2D eigenvalue weighted by Crippen LogP contribution is 2.38. The van der Waals surface area contributed by atoms with Crippen molar-refractivity contribution in [1.82, 2.24) is 9.88 Å². The number of piperidine rings is 1. The maximum atomic E-state index is 12.8. The van der Waals surface area contributed by atoms with E-state index in [0.29, 0.717) is 38.0 Å². The number of hydrogen-bond acceptors (Lipinski definition) is 7. The summed E-state index contributed by atoms with van der Waals surface area (Å²) in [5, 5.41) is 16.0. The maximum Gasteiger partial charge on any atom is 0.254 e. The van der Waals surface area contributed by atoms with E-state index in [1.54, 1.807) is 6.20 Å². The zero-order valence-electron chi connectivity index (χ0n) is 21.9. The molecule has 4 heterocycles. The standard InChI is InChI=1S/C28H38ClN3O5/c1-17(2)37-21-4-5-24(36-14-21)27(34)31-26-12-19-10-22(23(29)11-20(19)13-30-26)18-6-8-32(9-7-18)28(3)16-35-15-25(28)33/h10-13,17-18,21,24-25,33H,4-9,14-16H2,1-3H3,(H,30,31,34)/t21?,24?,25-,28+/m0/s1. The fourth-order valence-corrected chi connectivity index (χ4v) is 6.18. The van der Waals surface area contributed by atoms with E-state index in [0.717, 1.165) is 53.7 Å². The molecular formula is C28H38ClN3O5. The quantitative estimate of drug-likeness (QED) is 0.579. The Labute approximate surface area is 223 Å². The van der Waals surface area contributed by atoms with E-state index < -0.39 is 12.2 Å². The van der Waals surface area contributed by atoms with Gasteiger partial charge in [-0.2, -0.15) is 0 Å². The normalized spacial score (nSPS) is 29.7. The summed E-state index contributed by atoms with van der Waals surface area (Å²) in [5.74, 6) is 0.662. The number of anilines is 1. The van der Waals surface area contributed by atoms with Gasteiger partial charge >= 0.3 is 0 Å². The van der Waals surface area contributed by atoms with Crippen molar-refractivity contribution in [3.05, 3.63) is 35.0 Å². The highest BCUT2D eigenvalue weighted by Gasteiger charge is 2.45. The van der Waals surface area contributed by atoms with Crippen molar-refractivity contribution in [2.24, 2.45) is 0 Å². The third-order valence-corrected chi connectivity index (χ3v) is 8.45. The van der Waals surface area contributed by atoms with Gasteiger partial charge in [-0.3, -0.25) is 9.69 Å². The molecule has 0 spiro atoms. The first-order valence-corrected chi connectivity index (χ1v) is 13.8. The Bertz CT molecular complexity index is 1110. The van der Waals surface area contributed by atoms with E-state index in [1.807, 2.05) is 26.0 Å². The molecule has 4 atom stereocenters. The summed E-state index contributed by atoms with van der Waals surface area (Å²) in [4.78, 5) is 19.6. The van der Waals surface area contributed by atoms with Crippen LogP contribution in [0.15, 0.2) is 24.4 Å². The van der Waals surface area contributed by atoms with Crippen molar-refractivity contribution in [2.75, 3.05) is 38.2 Å². The lowest BCUT2D eigenvalue weighted by atomic mass is 9.85. The predicted molar refractivity (Wildman–Crippen MR) is 143 cm³/mol. The third kappa shape index (κ3) is 5.79. The number of fused-ring (bicyclic) bond motifs is 1. The first kappa shape index (κ1) is 26.8. The molecule has 3 fully saturated rings. The number of carbonyl (C=O) groups is 1. The number of pyridine rings is 1. The van der Waals surface area contributed by atoms with E-state index in [2.05, 4.69) is 28.2 Å². The number of aliphatic hydroxyl groups excluding tert-OH is 1. The minimum absolute atomic E-state index is 0.0392. The fourth-order valence-electron chi connectivity index (χ4n) is 5.85. The molecule has 3 aliphatic rings. The van der Waals surface area contributed by atoms with Crippen molar-refractivity contribution in [3.8, 4) is 0 Å². The largest absolute Gasteiger partial charge is 0.389 e. The molecule has 0 bridgehead atoms. The fraction of sp³-hybridized carbons (Fsp3) is 0.643. The van der Waals surface area contributed by atoms with Crippen LogP contribution < -0.4 is 5.32 Å². The molecule has 0 saturated carbocycles. The first-order chi connectivity index (χ1) is 17.7. The number of aliphatic hydroxyl groups is 1. The summed E-state index contributed by atoms with van der Waals surface area (Å²) in [6, 6.07) is 6.00. The lowest BCUT2D eigenvalue weighted by Gasteiger charge is -2.43. The van der Waals surface area contributed by atoms with Crippen molar-refractivity contribution in [2.45, 2.75) is 82.3 Å². The molecule has 2 unspecified atom stereocenters. The average molecular weight is 532 g/mol. The second-order valence-electron chi connectivity index (χ2n) is 11.1. The van der Waals surface area contributed by atoms with Crippen LogP contribution in [0.3, 0.4) is 0 Å². The van der Waals surface area contributed by atoms with Gasteiger partial charge in [-0.25, -0.2) is 4.98 Å². The summed E-state index contributed by atoms with van der Waals surface area (Å²) in [5.41, 5.74) is 0.805. The van der Waals surface area contributed by atoms with Crippen molar-refractivity contribution < 1.29 is 24.1 Å². The summed E-state index contributed by atoms with van der Waals surface area (Å²) < 4.78 is 17.1. The second-order valence-corrected chi connectivity index (χ2v) is 11.5. The van der Waals surface area contributed by atoms with E-state index in [4.69, 9.17) is 25.8 Å². The van der Waals surface area contributed by atoms with Gasteiger partial charge in [0, 0.05) is 16.6 Å². The Balaban J connectivity index is 1.24. The van der Waals surface area contributed by atoms with Crippen LogP contribution in [0.1, 0.15) is 57.9 Å². The number of rotatable bonds is 6. The smallest absolute Gasteiger partial charge is 0.254 e. The molecule has 2 aromatic rings. The summed E-state index contributed by atoms with van der Waals surface area (Å²) in [6.07, 6.45) is 4.32. The Morgan fingerprint density at radius 3 is 2.62 bits per heavy atom. The summed E-state index contributed by atoms with van der Waals surface area (Å²) >= 11 is 6.72. The van der Waals surface area contributed by atoms with Gasteiger partial charge in [0.25, 0.3) is 5.91 Å². The minimum atomic E-state index is -0.499. The number of aromatic nitrogens is 1. The van der Waals surface area contributed by atoms with Gasteiger partial charge in [-0.05, 0) is 94.6 Å². The molecule has 3 saturated heterocycles. The van der Waals surface area contributed by atoms with Crippen molar-refractivity contribution in [3.63, 3.8) is 0 Å². The molecule has 2 N–H and O–H groups in total. The van der Waals surface area contributed by atoms with Crippen LogP contribution in [-0.4, -0.2) is 83.8 Å². The van der Waals surface area contributed by atoms with Crippen LogP contribution in [0.4, 0.5) is 5.82 Å². The van der Waals surface area contributed by atoms with E-state index in [1.165, 1.54) is 0 Å². The highest BCUT2D eigenvalue weighted by atomic mass is 35.5. The van der Waals surface area contributed by atoms with Gasteiger partial charge in [-0.15, -0.1) is 0 Å². The SMILES string of the molecule is CC(C)OC1CCC(C(=O)Nc2cc3cc(C4CCN([C@]5(C)COC[C@@H]5O)CC4)c(Cl)cc3cn2)OC1. The summed E-state index contributed by atoms with van der Waals surface area (Å²) in [7, 11) is 0. The number of benzene rings is 1. The van der Waals surface area contributed by atoms with E-state index >= 15 is 0 Å². The monoisotopic (exact) mass is 531 g/mol. The number of nitrogens with one attached hydrogen (secondary N) is 1. The van der Waals surface area contributed by atoms with Gasteiger partial charge < -0.3 is 24.6 Å². The Morgan fingerprint density at radius 2 is 1.97 bits per heavy atom. The zero-order valence-corrected chi connectivity index (χ0v) is 22.7. The number of carbonyl (C=O) groups excluding carboxylic acids is 1. The molecule has 1 aromatic heterocycles. The van der Waals surface area contributed by atoms with Gasteiger partial charge in [0.05, 0.1) is 43.7 Å². The maximum absolute atomic E-state index is 12.8. The Kier molecular flexibility index (Phi) is 8.05. The number of ether oxygens (including phenoxy) is 3. The lowest BCUT2D eigenvalue weighted by Crippen LogP contribution is -2.56. The molecular weight excluding hydrogens is 494 g/mol. The van der Waals surface area contributed by atoms with E-state index in [-0.39, 0.29) is 23.7 Å². The van der Waals surface area contributed by atoms with Crippen LogP contribution in [0, 0.1) is 0 Å². The molecule has 202 valence electrons. The van der Waals surface area contributed by atoms with Crippen LogP contribution in [-0.2, 0) is 19.0 Å². The number of likely N-dealkylation sites (tertiary alicyclic amines) is 1. The predicted octanol–water partition coefficient (Wildman–Crippen LogP) is 4.13. The van der Waals surface area contributed by atoms with Gasteiger partial charge in [0.2, 0.25) is 0 Å². The number of hydrogen-bond donors (Lipinski definition) is 2. The number of nitrogens with zero attached hydrogens (tertiary/aromatic N) is 2. The van der Waals surface area contributed by atoms with Crippen LogP contribution in [0.5, 0.6) is 0 Å². The van der Waals surface area contributed by atoms with Crippen molar-refractivity contribution >= 4 is 34.1 Å². The molecule has 9 heteroatoms. The number of halogens is 1. The Morgan fingerprint density at radius 1 is 1.19 bits per heavy atom. The second kappa shape index (κ2) is 11.1. The van der Waals surface area contributed by atoms with Gasteiger partial charge in [0.1, 0.15) is 11.9 Å². The molecule has 3 aliphatic heterocycles. The van der Waals surface area contributed by atoms with Crippen LogP contribution >= 0.6 is 11.6 Å². The van der Waals surface area contributed by atoms with Gasteiger partial charge in [-0.1, -0.05) is 11.6 Å². The Hall–Kier alpha value is -1.81. The minimum Gasteiger partial charge on any atom is -0.389 e. The lowest BCUT2D eigenvalue weighted by molar-refractivity contribution is -0.141. The molecule has 1 amide bonds. The molecule has 0 aliphatic carbocycles. The van der Waals surface area contributed by atoms with Crippen LogP contribution in [0.2, 0.25) is 5.02 Å². The number of amides is 1. The molecule has 8 nitrogen and oxygen atoms in total. The molecule has 1 aromatic carbocycles. The summed E-state index contributed by atoms with van der Waals surface area (Å²) in [6.45, 7) is 9.26. The molecule has 0 radical (unpaired) electrons.